The van der Waals surface area contributed by atoms with E-state index in [0.29, 0.717) is 38.6 Å². The van der Waals surface area contributed by atoms with Crippen LogP contribution in [-0.2, 0) is 18.9 Å². The third kappa shape index (κ3) is 10.1. The Morgan fingerprint density at radius 1 is 1.04 bits per heavy atom. The van der Waals surface area contributed by atoms with Gasteiger partial charge in [-0.3, -0.25) is 0 Å². The molecule has 0 heterocycles. The molecule has 5 nitrogen and oxygen atoms in total. The van der Waals surface area contributed by atoms with E-state index >= 15 is 0 Å². The number of methoxy groups -OCH3 is 1. The van der Waals surface area contributed by atoms with Gasteiger partial charge in [0.15, 0.2) is 0 Å². The quantitative estimate of drug-likeness (QED) is 0.231. The SMILES string of the molecule is COCCOCCOCCOC(=O)c1cc(Br)c(C)c(C#C[Si](C)(C)C)c1. The van der Waals surface area contributed by atoms with Gasteiger partial charge in [-0.2, -0.15) is 0 Å². The van der Waals surface area contributed by atoms with Crippen LogP contribution in [0.2, 0.25) is 19.6 Å². The third-order valence-electron chi connectivity index (χ3n) is 3.42. The van der Waals surface area contributed by atoms with E-state index in [4.69, 9.17) is 18.9 Å². The fourth-order valence-corrected chi connectivity index (χ4v) is 2.89. The van der Waals surface area contributed by atoms with E-state index in [1.165, 1.54) is 0 Å². The molecule has 0 saturated heterocycles. The van der Waals surface area contributed by atoms with Crippen molar-refractivity contribution in [2.24, 2.45) is 0 Å². The summed E-state index contributed by atoms with van der Waals surface area (Å²) in [6.07, 6.45) is 0. The second-order valence-electron chi connectivity index (χ2n) is 6.98. The summed E-state index contributed by atoms with van der Waals surface area (Å²) in [6, 6.07) is 3.56. The number of esters is 1. The van der Waals surface area contributed by atoms with E-state index in [2.05, 4.69) is 47.0 Å². The number of carbonyl (C=O) groups excluding carboxylic acids is 1. The van der Waals surface area contributed by atoms with Crippen LogP contribution in [0.5, 0.6) is 0 Å². The van der Waals surface area contributed by atoms with Crippen molar-refractivity contribution in [1.29, 1.82) is 0 Å². The maximum Gasteiger partial charge on any atom is 0.338 e. The number of carbonyl (C=O) groups is 1. The number of benzene rings is 1. The lowest BCUT2D eigenvalue weighted by atomic mass is 10.1. The monoisotopic (exact) mass is 456 g/mol. The van der Waals surface area contributed by atoms with E-state index in [1.807, 2.05) is 6.92 Å². The van der Waals surface area contributed by atoms with Crippen molar-refractivity contribution in [3.8, 4) is 11.5 Å². The van der Waals surface area contributed by atoms with Crippen molar-refractivity contribution < 1.29 is 23.7 Å². The van der Waals surface area contributed by atoms with Gasteiger partial charge in [-0.15, -0.1) is 5.54 Å². The molecule has 7 heteroatoms. The molecule has 0 fully saturated rings. The fraction of sp³-hybridized carbons (Fsp3) is 0.550. The van der Waals surface area contributed by atoms with Crippen molar-refractivity contribution in [1.82, 2.24) is 0 Å². The molecule has 150 valence electrons. The van der Waals surface area contributed by atoms with Crippen LogP contribution in [0.15, 0.2) is 16.6 Å². The zero-order valence-electron chi connectivity index (χ0n) is 16.8. The first-order valence-corrected chi connectivity index (χ1v) is 13.2. The molecule has 0 radical (unpaired) electrons. The molecule has 0 saturated carbocycles. The molecule has 0 spiro atoms. The Balaban J connectivity index is 2.51. The van der Waals surface area contributed by atoms with Gasteiger partial charge in [0.1, 0.15) is 14.7 Å². The van der Waals surface area contributed by atoms with E-state index in [9.17, 15) is 4.79 Å². The topological polar surface area (TPSA) is 54.0 Å². The minimum atomic E-state index is -1.50. The van der Waals surface area contributed by atoms with Crippen molar-refractivity contribution in [2.75, 3.05) is 46.8 Å². The van der Waals surface area contributed by atoms with Crippen molar-refractivity contribution in [2.45, 2.75) is 26.6 Å². The molecule has 0 bridgehead atoms. The number of rotatable bonds is 10. The third-order valence-corrected chi connectivity index (χ3v) is 5.12. The van der Waals surface area contributed by atoms with Crippen LogP contribution in [0.1, 0.15) is 21.5 Å². The Bertz CT molecular complexity index is 673. The second kappa shape index (κ2) is 12.3. The van der Waals surface area contributed by atoms with Gasteiger partial charge in [0.05, 0.1) is 38.6 Å². The highest BCUT2D eigenvalue weighted by atomic mass is 79.9. The molecular weight excluding hydrogens is 428 g/mol. The summed E-state index contributed by atoms with van der Waals surface area (Å²) < 4.78 is 21.7. The van der Waals surface area contributed by atoms with E-state index in [-0.39, 0.29) is 12.6 Å². The highest BCUT2D eigenvalue weighted by Gasteiger charge is 2.13. The summed E-state index contributed by atoms with van der Waals surface area (Å²) in [6.45, 7) is 11.1. The zero-order valence-corrected chi connectivity index (χ0v) is 19.4. The predicted molar refractivity (Wildman–Crippen MR) is 113 cm³/mol. The highest BCUT2D eigenvalue weighted by molar-refractivity contribution is 9.10. The minimum Gasteiger partial charge on any atom is -0.460 e. The molecule has 0 aliphatic rings. The number of hydrogen-bond donors (Lipinski definition) is 0. The van der Waals surface area contributed by atoms with Gasteiger partial charge in [0.25, 0.3) is 0 Å². The normalized spacial score (nSPS) is 11.0. The van der Waals surface area contributed by atoms with Crippen LogP contribution in [0.4, 0.5) is 0 Å². The Labute approximate surface area is 171 Å². The van der Waals surface area contributed by atoms with Gasteiger partial charge in [-0.05, 0) is 24.6 Å². The van der Waals surface area contributed by atoms with E-state index in [0.717, 1.165) is 15.6 Å². The summed E-state index contributed by atoms with van der Waals surface area (Å²) in [5.41, 5.74) is 5.69. The number of halogens is 1. The average Bonchev–Trinajstić information content (AvgIpc) is 2.60. The summed E-state index contributed by atoms with van der Waals surface area (Å²) >= 11 is 3.50. The lowest BCUT2D eigenvalue weighted by Gasteiger charge is -2.10. The first-order chi connectivity index (χ1) is 12.7. The average molecular weight is 457 g/mol. The molecule has 0 aromatic heterocycles. The molecule has 0 N–H and O–H groups in total. The van der Waals surface area contributed by atoms with Gasteiger partial charge >= 0.3 is 5.97 Å². The van der Waals surface area contributed by atoms with Gasteiger partial charge in [0, 0.05) is 17.1 Å². The second-order valence-corrected chi connectivity index (χ2v) is 12.6. The van der Waals surface area contributed by atoms with Crippen LogP contribution in [0, 0.1) is 18.4 Å². The molecule has 0 amide bonds. The molecule has 1 aromatic carbocycles. The van der Waals surface area contributed by atoms with E-state index in [1.54, 1.807) is 19.2 Å². The molecule has 0 atom stereocenters. The maximum absolute atomic E-state index is 12.3. The van der Waals surface area contributed by atoms with Gasteiger partial charge in [-0.1, -0.05) is 41.5 Å². The molecule has 1 rings (SSSR count). The summed E-state index contributed by atoms with van der Waals surface area (Å²) in [4.78, 5) is 12.3. The Morgan fingerprint density at radius 3 is 2.22 bits per heavy atom. The lowest BCUT2D eigenvalue weighted by molar-refractivity contribution is 0.00570. The molecular formula is C20H29BrO5Si. The lowest BCUT2D eigenvalue weighted by Crippen LogP contribution is -2.16. The Hall–Kier alpha value is -1.17. The van der Waals surface area contributed by atoms with Gasteiger partial charge in [0.2, 0.25) is 0 Å². The van der Waals surface area contributed by atoms with E-state index < -0.39 is 8.07 Å². The summed E-state index contributed by atoms with van der Waals surface area (Å²) in [5.74, 6) is 2.84. The predicted octanol–water partition coefficient (Wildman–Crippen LogP) is 3.82. The first-order valence-electron chi connectivity index (χ1n) is 8.89. The summed E-state index contributed by atoms with van der Waals surface area (Å²) in [5, 5.41) is 0. The van der Waals surface area contributed by atoms with Crippen LogP contribution >= 0.6 is 15.9 Å². The fourth-order valence-electron chi connectivity index (χ4n) is 1.92. The number of hydrogen-bond acceptors (Lipinski definition) is 5. The van der Waals surface area contributed by atoms with Crippen molar-refractivity contribution >= 4 is 30.0 Å². The van der Waals surface area contributed by atoms with Crippen LogP contribution in [0.25, 0.3) is 0 Å². The smallest absolute Gasteiger partial charge is 0.338 e. The summed E-state index contributed by atoms with van der Waals surface area (Å²) in [7, 11) is 0.132. The van der Waals surface area contributed by atoms with Crippen LogP contribution in [0.3, 0.4) is 0 Å². The largest absolute Gasteiger partial charge is 0.460 e. The van der Waals surface area contributed by atoms with Gasteiger partial charge < -0.3 is 18.9 Å². The molecule has 1 aromatic rings. The Morgan fingerprint density at radius 2 is 1.63 bits per heavy atom. The Kier molecular flexibility index (Phi) is 10.9. The van der Waals surface area contributed by atoms with Crippen LogP contribution in [-0.4, -0.2) is 60.8 Å². The van der Waals surface area contributed by atoms with Gasteiger partial charge in [-0.25, -0.2) is 4.79 Å². The molecule has 0 aliphatic carbocycles. The minimum absolute atomic E-state index is 0.193. The first kappa shape index (κ1) is 23.9. The molecule has 27 heavy (non-hydrogen) atoms. The molecule has 0 unspecified atom stereocenters. The zero-order chi connectivity index (χ0) is 20.3. The molecule has 0 aliphatic heterocycles. The standard InChI is InChI=1S/C20H29BrO5Si/c1-16-17(6-13-27(3,4)5)14-18(15-19(16)21)20(22)26-12-11-25-10-9-24-8-7-23-2/h14-15H,7-12H2,1-5H3. The maximum atomic E-state index is 12.3. The van der Waals surface area contributed by atoms with Crippen LogP contribution < -0.4 is 0 Å². The van der Waals surface area contributed by atoms with Crippen molar-refractivity contribution in [3.63, 3.8) is 0 Å². The highest BCUT2D eigenvalue weighted by Crippen LogP contribution is 2.22. The number of ether oxygens (including phenoxy) is 4. The van der Waals surface area contributed by atoms with Crippen molar-refractivity contribution in [3.05, 3.63) is 33.3 Å².